The van der Waals surface area contributed by atoms with E-state index < -0.39 is 6.04 Å². The summed E-state index contributed by atoms with van der Waals surface area (Å²) in [5, 5.41) is 3.82. The highest BCUT2D eigenvalue weighted by molar-refractivity contribution is 6.31. The summed E-state index contributed by atoms with van der Waals surface area (Å²) in [5.74, 6) is 0.0100. The number of nitrogens with zero attached hydrogens (tertiary/aromatic N) is 1. The van der Waals surface area contributed by atoms with E-state index >= 15 is 0 Å². The molecule has 1 unspecified atom stereocenters. The van der Waals surface area contributed by atoms with Gasteiger partial charge in [-0.3, -0.25) is 9.59 Å². The maximum absolute atomic E-state index is 13.5. The van der Waals surface area contributed by atoms with Crippen molar-refractivity contribution in [2.45, 2.75) is 50.6 Å². The highest BCUT2D eigenvalue weighted by Gasteiger charge is 2.32. The Bertz CT molecular complexity index is 898. The topological polar surface area (TPSA) is 58.6 Å². The zero-order chi connectivity index (χ0) is 22.9. The fourth-order valence-corrected chi connectivity index (χ4v) is 4.59. The van der Waals surface area contributed by atoms with Crippen LogP contribution in [-0.4, -0.2) is 42.3 Å². The van der Waals surface area contributed by atoms with Gasteiger partial charge in [-0.25, -0.2) is 0 Å². The molecule has 172 valence electrons. The number of nitrogens with one attached hydrogen (secondary N) is 1. The lowest BCUT2D eigenvalue weighted by Gasteiger charge is -2.33. The first-order valence-electron chi connectivity index (χ1n) is 11.1. The molecule has 0 heterocycles. The molecule has 32 heavy (non-hydrogen) atoms. The van der Waals surface area contributed by atoms with Crippen LogP contribution in [0.15, 0.2) is 48.5 Å². The molecule has 5 nitrogen and oxygen atoms in total. The van der Waals surface area contributed by atoms with Crippen molar-refractivity contribution in [2.24, 2.45) is 0 Å². The zero-order valence-electron chi connectivity index (χ0n) is 18.4. The molecule has 0 radical (unpaired) electrons. The van der Waals surface area contributed by atoms with E-state index in [0.29, 0.717) is 23.7 Å². The summed E-state index contributed by atoms with van der Waals surface area (Å²) in [5.41, 5.74) is 1.64. The fourth-order valence-electron chi connectivity index (χ4n) is 4.20. The molecule has 1 saturated carbocycles. The molecule has 1 N–H and O–H groups in total. The third-order valence-electron chi connectivity index (χ3n) is 5.96. The molecular weight excluding hydrogens is 447 g/mol. The number of hydrogen-bond donors (Lipinski definition) is 1. The van der Waals surface area contributed by atoms with Gasteiger partial charge in [0, 0.05) is 17.6 Å². The summed E-state index contributed by atoms with van der Waals surface area (Å²) in [4.78, 5) is 28.0. The molecule has 2 amide bonds. The van der Waals surface area contributed by atoms with Gasteiger partial charge in [-0.15, -0.1) is 11.6 Å². The summed E-state index contributed by atoms with van der Waals surface area (Å²) >= 11 is 12.3. The van der Waals surface area contributed by atoms with E-state index in [4.69, 9.17) is 27.9 Å². The van der Waals surface area contributed by atoms with Crippen LogP contribution in [0.3, 0.4) is 0 Å². The first kappa shape index (κ1) is 24.4. The highest BCUT2D eigenvalue weighted by Crippen LogP contribution is 2.27. The van der Waals surface area contributed by atoms with Gasteiger partial charge in [0.1, 0.15) is 17.7 Å². The van der Waals surface area contributed by atoms with Crippen molar-refractivity contribution in [3.05, 3.63) is 64.7 Å². The lowest BCUT2D eigenvalue weighted by atomic mass is 9.94. The Morgan fingerprint density at radius 2 is 1.78 bits per heavy atom. The Morgan fingerprint density at radius 1 is 1.09 bits per heavy atom. The molecule has 2 aromatic rings. The van der Waals surface area contributed by atoms with Crippen LogP contribution in [-0.2, 0) is 16.0 Å². The van der Waals surface area contributed by atoms with Gasteiger partial charge in [-0.2, -0.15) is 0 Å². The van der Waals surface area contributed by atoms with Gasteiger partial charge in [0.15, 0.2) is 0 Å². The van der Waals surface area contributed by atoms with Gasteiger partial charge in [0.05, 0.1) is 7.11 Å². The minimum Gasteiger partial charge on any atom is -0.497 e. The van der Waals surface area contributed by atoms with E-state index in [0.717, 1.165) is 36.8 Å². The van der Waals surface area contributed by atoms with E-state index in [1.54, 1.807) is 24.1 Å². The molecule has 1 aliphatic rings. The second kappa shape index (κ2) is 12.1. The molecule has 3 rings (SSSR count). The fraction of sp³-hybridized carbons (Fsp3) is 0.440. The Labute approximate surface area is 200 Å². The third kappa shape index (κ3) is 6.39. The smallest absolute Gasteiger partial charge is 0.247 e. The number of amides is 2. The molecule has 0 spiro atoms. The monoisotopic (exact) mass is 476 g/mol. The number of hydrogen-bond acceptors (Lipinski definition) is 3. The largest absolute Gasteiger partial charge is 0.497 e. The first-order chi connectivity index (χ1) is 15.5. The molecule has 1 fully saturated rings. The lowest BCUT2D eigenvalue weighted by molar-refractivity contribution is -0.139. The Hall–Kier alpha value is -2.24. The molecule has 1 aliphatic carbocycles. The number of carbonyl (C=O) groups is 2. The summed E-state index contributed by atoms with van der Waals surface area (Å²) in [6.07, 6.45) is 5.85. The van der Waals surface area contributed by atoms with Crippen molar-refractivity contribution >= 4 is 35.0 Å². The van der Waals surface area contributed by atoms with Crippen LogP contribution in [0.1, 0.15) is 49.3 Å². The predicted octanol–water partition coefficient (Wildman–Crippen LogP) is 5.15. The first-order valence-corrected chi connectivity index (χ1v) is 12.0. The van der Waals surface area contributed by atoms with Crippen LogP contribution in [0, 0.1) is 0 Å². The number of ether oxygens (including phenoxy) is 1. The van der Waals surface area contributed by atoms with Crippen LogP contribution in [0.2, 0.25) is 5.02 Å². The summed E-state index contributed by atoms with van der Waals surface area (Å²) in [7, 11) is 1.59. The molecule has 0 bridgehead atoms. The molecule has 0 aromatic heterocycles. The highest BCUT2D eigenvalue weighted by atomic mass is 35.5. The van der Waals surface area contributed by atoms with Crippen LogP contribution < -0.4 is 10.1 Å². The molecule has 7 heteroatoms. The van der Waals surface area contributed by atoms with Gasteiger partial charge in [-0.05, 0) is 48.6 Å². The molecule has 2 aromatic carbocycles. The normalized spacial score (nSPS) is 15.1. The van der Waals surface area contributed by atoms with E-state index in [9.17, 15) is 9.59 Å². The Balaban J connectivity index is 1.89. The van der Waals surface area contributed by atoms with E-state index in [1.807, 2.05) is 36.4 Å². The molecular formula is C25H30Cl2N2O3. The number of methoxy groups -OCH3 is 1. The van der Waals surface area contributed by atoms with E-state index in [1.165, 1.54) is 6.42 Å². The number of halogens is 2. The average molecular weight is 477 g/mol. The minimum atomic E-state index is -0.781. The Kier molecular flexibility index (Phi) is 9.24. The number of carbonyl (C=O) groups excluding carboxylic acids is 2. The minimum absolute atomic E-state index is 0.133. The van der Waals surface area contributed by atoms with E-state index in [-0.39, 0.29) is 23.7 Å². The molecule has 0 saturated heterocycles. The van der Waals surface area contributed by atoms with Crippen LogP contribution in [0.4, 0.5) is 0 Å². The number of benzene rings is 2. The summed E-state index contributed by atoms with van der Waals surface area (Å²) < 4.78 is 5.26. The molecule has 1 atom stereocenters. The summed E-state index contributed by atoms with van der Waals surface area (Å²) in [6.45, 7) is 0.323. The SMILES string of the molecule is COc1ccc(C(C(=O)NC2CCCCC2)N(CCc2ccccc2Cl)C(=O)CCl)cc1. The number of alkyl halides is 1. The predicted molar refractivity (Wildman–Crippen MR) is 128 cm³/mol. The summed E-state index contributed by atoms with van der Waals surface area (Å²) in [6, 6.07) is 14.1. The third-order valence-corrected chi connectivity index (χ3v) is 6.56. The maximum atomic E-state index is 13.5. The second-order valence-electron chi connectivity index (χ2n) is 8.08. The van der Waals surface area contributed by atoms with Gasteiger partial charge in [0.25, 0.3) is 0 Å². The van der Waals surface area contributed by atoms with Crippen molar-refractivity contribution < 1.29 is 14.3 Å². The van der Waals surface area contributed by atoms with Crippen molar-refractivity contribution in [1.82, 2.24) is 10.2 Å². The van der Waals surface area contributed by atoms with Gasteiger partial charge >= 0.3 is 0 Å². The molecule has 0 aliphatic heterocycles. The van der Waals surface area contributed by atoms with Crippen LogP contribution in [0.5, 0.6) is 5.75 Å². The second-order valence-corrected chi connectivity index (χ2v) is 8.76. The van der Waals surface area contributed by atoms with Gasteiger partial charge in [0.2, 0.25) is 11.8 Å². The van der Waals surface area contributed by atoms with Crippen molar-refractivity contribution in [3.63, 3.8) is 0 Å². The quantitative estimate of drug-likeness (QED) is 0.509. The standard InChI is InChI=1S/C25H30Cl2N2O3/c1-32-21-13-11-19(12-14-21)24(25(31)28-20-8-3-2-4-9-20)29(23(30)17-26)16-15-18-7-5-6-10-22(18)27/h5-7,10-14,20,24H,2-4,8-9,15-17H2,1H3,(H,28,31). The Morgan fingerprint density at radius 3 is 2.41 bits per heavy atom. The van der Waals surface area contributed by atoms with Crippen molar-refractivity contribution in [3.8, 4) is 5.75 Å². The van der Waals surface area contributed by atoms with Crippen molar-refractivity contribution in [1.29, 1.82) is 0 Å². The van der Waals surface area contributed by atoms with E-state index in [2.05, 4.69) is 5.32 Å². The average Bonchev–Trinajstić information content (AvgIpc) is 2.83. The van der Waals surface area contributed by atoms with Gasteiger partial charge in [-0.1, -0.05) is 61.2 Å². The van der Waals surface area contributed by atoms with Crippen LogP contribution >= 0.6 is 23.2 Å². The zero-order valence-corrected chi connectivity index (χ0v) is 19.9. The van der Waals surface area contributed by atoms with Crippen molar-refractivity contribution in [2.75, 3.05) is 19.5 Å². The lowest BCUT2D eigenvalue weighted by Crippen LogP contribution is -2.48. The number of rotatable bonds is 9. The van der Waals surface area contributed by atoms with Gasteiger partial charge < -0.3 is 15.0 Å². The maximum Gasteiger partial charge on any atom is 0.247 e. The van der Waals surface area contributed by atoms with Crippen LogP contribution in [0.25, 0.3) is 0 Å².